The van der Waals surface area contributed by atoms with Gasteiger partial charge in [-0.15, -0.1) is 0 Å². The smallest absolute Gasteiger partial charge is 0.161 e. The zero-order valence-electron chi connectivity index (χ0n) is 12.6. The maximum absolute atomic E-state index is 5.82. The summed E-state index contributed by atoms with van der Waals surface area (Å²) in [5.41, 5.74) is 0. The third kappa shape index (κ3) is 5.78. The molecule has 1 aromatic rings. The third-order valence-corrected chi connectivity index (χ3v) is 3.44. The van der Waals surface area contributed by atoms with Gasteiger partial charge in [-0.3, -0.25) is 4.90 Å². The Morgan fingerprint density at radius 3 is 2.52 bits per heavy atom. The normalized spacial score (nSPS) is 15.6. The summed E-state index contributed by atoms with van der Waals surface area (Å²) < 4.78 is 16.7. The van der Waals surface area contributed by atoms with Crippen molar-refractivity contribution in [3.8, 4) is 11.5 Å². The largest absolute Gasteiger partial charge is 0.490 e. The molecule has 0 amide bonds. The molecule has 1 aromatic carbocycles. The van der Waals surface area contributed by atoms with Crippen molar-refractivity contribution in [2.75, 3.05) is 46.1 Å². The molecule has 1 fully saturated rings. The highest BCUT2D eigenvalue weighted by molar-refractivity contribution is 5.39. The first kappa shape index (κ1) is 15.9. The predicted molar refractivity (Wildman–Crippen MR) is 84.1 cm³/mol. The lowest BCUT2D eigenvalue weighted by atomic mass is 10.3. The van der Waals surface area contributed by atoms with Gasteiger partial charge in [0, 0.05) is 13.1 Å². The van der Waals surface area contributed by atoms with Crippen LogP contribution in [0.1, 0.15) is 12.8 Å². The van der Waals surface area contributed by atoms with E-state index in [1.165, 1.54) is 0 Å². The van der Waals surface area contributed by atoms with E-state index in [9.17, 15) is 0 Å². The summed E-state index contributed by atoms with van der Waals surface area (Å²) in [5, 5.41) is 0. The molecular weight excluding hydrogens is 266 g/mol. The average Bonchev–Trinajstić information content (AvgIpc) is 2.54. The summed E-state index contributed by atoms with van der Waals surface area (Å²) >= 11 is 0. The fraction of sp³-hybridized carbons (Fsp3) is 0.529. The molecule has 0 N–H and O–H groups in total. The Labute approximate surface area is 127 Å². The molecule has 0 aliphatic carbocycles. The molecule has 0 unspecified atom stereocenters. The van der Waals surface area contributed by atoms with Crippen molar-refractivity contribution in [2.24, 2.45) is 0 Å². The first-order valence-electron chi connectivity index (χ1n) is 7.66. The van der Waals surface area contributed by atoms with Crippen molar-refractivity contribution in [3.63, 3.8) is 0 Å². The summed E-state index contributed by atoms with van der Waals surface area (Å²) in [6.45, 7) is 9.84. The zero-order chi connectivity index (χ0) is 14.8. The number of ether oxygens (including phenoxy) is 3. The number of morpholine rings is 1. The van der Waals surface area contributed by atoms with Gasteiger partial charge in [-0.25, -0.2) is 0 Å². The molecule has 0 spiro atoms. The van der Waals surface area contributed by atoms with Crippen LogP contribution >= 0.6 is 0 Å². The molecule has 4 nitrogen and oxygen atoms in total. The number of nitrogens with zero attached hydrogens (tertiary/aromatic N) is 1. The van der Waals surface area contributed by atoms with Crippen LogP contribution in [0, 0.1) is 0 Å². The predicted octanol–water partition coefficient (Wildman–Crippen LogP) is 2.74. The van der Waals surface area contributed by atoms with E-state index in [-0.39, 0.29) is 0 Å². The maximum atomic E-state index is 5.82. The Bertz CT molecular complexity index is 416. The van der Waals surface area contributed by atoms with E-state index in [1.54, 1.807) is 6.08 Å². The first-order valence-corrected chi connectivity index (χ1v) is 7.66. The van der Waals surface area contributed by atoms with Gasteiger partial charge in [0.25, 0.3) is 0 Å². The Kier molecular flexibility index (Phi) is 7.12. The number of hydrogen-bond acceptors (Lipinski definition) is 4. The van der Waals surface area contributed by atoms with Crippen LogP contribution in [0.2, 0.25) is 0 Å². The van der Waals surface area contributed by atoms with Gasteiger partial charge in [0.15, 0.2) is 11.5 Å². The molecular formula is C17H25NO3. The van der Waals surface area contributed by atoms with Crippen LogP contribution in [0.15, 0.2) is 36.9 Å². The summed E-state index contributed by atoms with van der Waals surface area (Å²) in [6.07, 6.45) is 3.93. The van der Waals surface area contributed by atoms with Gasteiger partial charge in [0.05, 0.1) is 19.8 Å². The van der Waals surface area contributed by atoms with Gasteiger partial charge in [0.1, 0.15) is 6.61 Å². The molecule has 1 aliphatic rings. The van der Waals surface area contributed by atoms with Crippen LogP contribution in [0.25, 0.3) is 0 Å². The molecule has 1 heterocycles. The third-order valence-electron chi connectivity index (χ3n) is 3.44. The van der Waals surface area contributed by atoms with Crippen molar-refractivity contribution in [3.05, 3.63) is 36.9 Å². The Balaban J connectivity index is 1.64. The van der Waals surface area contributed by atoms with Crippen LogP contribution in [-0.4, -0.2) is 51.0 Å². The van der Waals surface area contributed by atoms with Gasteiger partial charge in [0.2, 0.25) is 0 Å². The molecule has 0 aromatic heterocycles. The van der Waals surface area contributed by atoms with Crippen LogP contribution in [0.3, 0.4) is 0 Å². The minimum Gasteiger partial charge on any atom is -0.490 e. The van der Waals surface area contributed by atoms with Gasteiger partial charge in [-0.2, -0.15) is 0 Å². The maximum Gasteiger partial charge on any atom is 0.161 e. The highest BCUT2D eigenvalue weighted by Gasteiger charge is 2.09. The Hall–Kier alpha value is -1.52. The summed E-state index contributed by atoms with van der Waals surface area (Å²) in [7, 11) is 0. The molecule has 1 saturated heterocycles. The van der Waals surface area contributed by atoms with Gasteiger partial charge in [-0.1, -0.05) is 24.8 Å². The minimum atomic E-state index is 0.497. The second kappa shape index (κ2) is 9.42. The van der Waals surface area contributed by atoms with E-state index in [2.05, 4.69) is 11.5 Å². The second-order valence-corrected chi connectivity index (χ2v) is 5.06. The SMILES string of the molecule is C=CCOc1ccccc1OCCCCN1CCOCC1. The topological polar surface area (TPSA) is 30.9 Å². The molecule has 0 bridgehead atoms. The lowest BCUT2D eigenvalue weighted by Crippen LogP contribution is -2.36. The molecule has 0 radical (unpaired) electrons. The standard InChI is InChI=1S/C17H25NO3/c1-2-12-20-16-7-3-4-8-17(16)21-13-6-5-9-18-10-14-19-15-11-18/h2-4,7-8H,1,5-6,9-15H2. The molecule has 21 heavy (non-hydrogen) atoms. The summed E-state index contributed by atoms with van der Waals surface area (Å²) in [5.74, 6) is 1.59. The Morgan fingerprint density at radius 2 is 1.81 bits per heavy atom. The van der Waals surface area contributed by atoms with Crippen molar-refractivity contribution >= 4 is 0 Å². The molecule has 0 saturated carbocycles. The van der Waals surface area contributed by atoms with Gasteiger partial charge >= 0.3 is 0 Å². The molecule has 1 aliphatic heterocycles. The van der Waals surface area contributed by atoms with Crippen LogP contribution in [0.5, 0.6) is 11.5 Å². The zero-order valence-corrected chi connectivity index (χ0v) is 12.6. The van der Waals surface area contributed by atoms with E-state index in [0.29, 0.717) is 6.61 Å². The Morgan fingerprint density at radius 1 is 1.10 bits per heavy atom. The van der Waals surface area contributed by atoms with Crippen molar-refractivity contribution in [1.82, 2.24) is 4.90 Å². The van der Waals surface area contributed by atoms with Crippen LogP contribution in [0.4, 0.5) is 0 Å². The fourth-order valence-electron chi connectivity index (χ4n) is 2.28. The van der Waals surface area contributed by atoms with Crippen LogP contribution < -0.4 is 9.47 Å². The average molecular weight is 291 g/mol. The highest BCUT2D eigenvalue weighted by Crippen LogP contribution is 2.26. The summed E-state index contributed by atoms with van der Waals surface area (Å²) in [4.78, 5) is 2.45. The monoisotopic (exact) mass is 291 g/mol. The lowest BCUT2D eigenvalue weighted by molar-refractivity contribution is 0.0368. The quantitative estimate of drug-likeness (QED) is 0.517. The summed E-state index contributed by atoms with van der Waals surface area (Å²) in [6, 6.07) is 7.78. The molecule has 116 valence electrons. The lowest BCUT2D eigenvalue weighted by Gasteiger charge is -2.26. The highest BCUT2D eigenvalue weighted by atomic mass is 16.5. The first-order chi connectivity index (χ1) is 10.4. The van der Waals surface area contributed by atoms with Crippen molar-refractivity contribution in [2.45, 2.75) is 12.8 Å². The molecule has 4 heteroatoms. The van der Waals surface area contributed by atoms with Crippen LogP contribution in [-0.2, 0) is 4.74 Å². The molecule has 0 atom stereocenters. The second-order valence-electron chi connectivity index (χ2n) is 5.06. The van der Waals surface area contributed by atoms with Gasteiger partial charge in [-0.05, 0) is 31.5 Å². The number of benzene rings is 1. The van der Waals surface area contributed by atoms with E-state index < -0.39 is 0 Å². The van der Waals surface area contributed by atoms with E-state index in [0.717, 1.165) is 63.8 Å². The van der Waals surface area contributed by atoms with E-state index in [4.69, 9.17) is 14.2 Å². The fourth-order valence-corrected chi connectivity index (χ4v) is 2.28. The van der Waals surface area contributed by atoms with Gasteiger partial charge < -0.3 is 14.2 Å². The van der Waals surface area contributed by atoms with Crippen molar-refractivity contribution < 1.29 is 14.2 Å². The number of rotatable bonds is 9. The minimum absolute atomic E-state index is 0.497. The number of para-hydroxylation sites is 2. The van der Waals surface area contributed by atoms with E-state index in [1.807, 2.05) is 24.3 Å². The number of unbranched alkanes of at least 4 members (excludes halogenated alkanes) is 1. The number of hydrogen-bond donors (Lipinski definition) is 0. The van der Waals surface area contributed by atoms with E-state index >= 15 is 0 Å². The molecule has 2 rings (SSSR count). The van der Waals surface area contributed by atoms with Crippen molar-refractivity contribution in [1.29, 1.82) is 0 Å².